The lowest BCUT2D eigenvalue weighted by molar-refractivity contribution is -0.142. The third kappa shape index (κ3) is 8.51. The molecule has 5 rings (SSSR count). The maximum absolute atomic E-state index is 14.0. The number of nitrogens with zero attached hydrogens (tertiary/aromatic N) is 2. The third-order valence-corrected chi connectivity index (χ3v) is 7.71. The highest BCUT2D eigenvalue weighted by Gasteiger charge is 2.37. The number of piperidine rings is 1. The first-order valence-corrected chi connectivity index (χ1v) is 15.7. The van der Waals surface area contributed by atoms with Gasteiger partial charge in [0.05, 0.1) is 5.56 Å². The van der Waals surface area contributed by atoms with Gasteiger partial charge in [0.1, 0.15) is 29.1 Å². The van der Waals surface area contributed by atoms with Gasteiger partial charge < -0.3 is 25.4 Å². The molecule has 2 atom stereocenters. The highest BCUT2D eigenvalue weighted by atomic mass is 35.5. The highest BCUT2D eigenvalue weighted by molar-refractivity contribution is 6.31. The van der Waals surface area contributed by atoms with Gasteiger partial charge in [-0.3, -0.25) is 14.7 Å². The summed E-state index contributed by atoms with van der Waals surface area (Å²) in [7, 11) is 0. The van der Waals surface area contributed by atoms with Crippen LogP contribution in [0.3, 0.4) is 0 Å². The van der Waals surface area contributed by atoms with Crippen LogP contribution in [0.15, 0.2) is 79.0 Å². The molecule has 2 heterocycles. The van der Waals surface area contributed by atoms with E-state index >= 15 is 0 Å². The second kappa shape index (κ2) is 14.4. The zero-order valence-corrected chi connectivity index (χ0v) is 27.1. The zero-order valence-electron chi connectivity index (χ0n) is 26.3. The van der Waals surface area contributed by atoms with Crippen LogP contribution in [0, 0.1) is 11.8 Å². The number of ether oxygens (including phenoxy) is 1. The van der Waals surface area contributed by atoms with Gasteiger partial charge in [0.2, 0.25) is 5.91 Å². The van der Waals surface area contributed by atoms with Crippen molar-refractivity contribution in [3.05, 3.63) is 101 Å². The molecule has 1 aromatic heterocycles. The van der Waals surface area contributed by atoms with E-state index in [-0.39, 0.29) is 17.6 Å². The largest absolute Gasteiger partial charge is 0.507 e. The number of hydrogen-bond acceptors (Lipinski definition) is 6. The van der Waals surface area contributed by atoms with Crippen LogP contribution in [0.25, 0.3) is 11.3 Å². The topological polar surface area (TPSA) is 137 Å². The number of H-pyrrole nitrogens is 1. The lowest BCUT2D eigenvalue weighted by Crippen LogP contribution is -2.53. The van der Waals surface area contributed by atoms with Crippen molar-refractivity contribution in [3.8, 4) is 28.8 Å². The molecule has 3 aromatic carbocycles. The van der Waals surface area contributed by atoms with Gasteiger partial charge in [0.15, 0.2) is 0 Å². The maximum atomic E-state index is 14.0. The number of nitrogens with one attached hydrogen (secondary N) is 3. The number of anilines is 1. The Balaban J connectivity index is 1.29. The van der Waals surface area contributed by atoms with Crippen LogP contribution < -0.4 is 10.6 Å². The van der Waals surface area contributed by atoms with E-state index in [0.717, 1.165) is 12.8 Å². The van der Waals surface area contributed by atoms with Crippen molar-refractivity contribution in [1.29, 1.82) is 0 Å². The number of benzene rings is 3. The summed E-state index contributed by atoms with van der Waals surface area (Å²) in [6, 6.07) is 19.0. The number of aromatic nitrogens is 2. The number of phenolic OH excluding ortho intramolecular Hbond substituents is 1. The lowest BCUT2D eigenvalue weighted by Gasteiger charge is -2.37. The first kappa shape index (κ1) is 33.1. The monoisotopic (exact) mass is 653 g/mol. The quantitative estimate of drug-likeness (QED) is 0.177. The van der Waals surface area contributed by atoms with Crippen molar-refractivity contribution in [2.24, 2.45) is 0 Å². The van der Waals surface area contributed by atoms with Crippen molar-refractivity contribution >= 4 is 35.2 Å². The molecule has 3 amide bonds. The number of phenols is 1. The molecular weight excluding hydrogens is 618 g/mol. The fraction of sp³-hybridized carbons (Fsp3) is 0.278. The van der Waals surface area contributed by atoms with E-state index in [1.807, 2.05) is 6.07 Å². The van der Waals surface area contributed by atoms with Gasteiger partial charge in [-0.25, -0.2) is 4.79 Å². The van der Waals surface area contributed by atoms with Crippen LogP contribution in [0.4, 0.5) is 10.5 Å². The van der Waals surface area contributed by atoms with Gasteiger partial charge in [-0.15, -0.1) is 0 Å². The lowest BCUT2D eigenvalue weighted by atomic mass is 9.98. The molecule has 1 aliphatic heterocycles. The Morgan fingerprint density at radius 1 is 1.04 bits per heavy atom. The summed E-state index contributed by atoms with van der Waals surface area (Å²) >= 11 is 6.10. The minimum Gasteiger partial charge on any atom is -0.507 e. The van der Waals surface area contributed by atoms with Gasteiger partial charge in [-0.1, -0.05) is 53.8 Å². The first-order chi connectivity index (χ1) is 22.5. The van der Waals surface area contributed by atoms with E-state index in [1.165, 1.54) is 6.07 Å². The van der Waals surface area contributed by atoms with Crippen molar-refractivity contribution in [2.45, 2.75) is 57.7 Å². The summed E-state index contributed by atoms with van der Waals surface area (Å²) in [6.07, 6.45) is 2.94. The number of halogens is 1. The molecule has 0 saturated carbocycles. The van der Waals surface area contributed by atoms with Gasteiger partial charge >= 0.3 is 6.09 Å². The molecular formula is C36H36ClN5O5. The van der Waals surface area contributed by atoms with Crippen LogP contribution in [0.1, 0.15) is 62.8 Å². The van der Waals surface area contributed by atoms with Gasteiger partial charge in [0.25, 0.3) is 5.91 Å². The molecule has 11 heteroatoms. The average molecular weight is 654 g/mol. The molecule has 4 aromatic rings. The predicted molar refractivity (Wildman–Crippen MR) is 180 cm³/mol. The smallest absolute Gasteiger partial charge is 0.408 e. The fourth-order valence-corrected chi connectivity index (χ4v) is 5.45. The molecule has 0 radical (unpaired) electrons. The highest BCUT2D eigenvalue weighted by Crippen LogP contribution is 2.32. The summed E-state index contributed by atoms with van der Waals surface area (Å²) in [5.74, 6) is 5.49. The van der Waals surface area contributed by atoms with E-state index in [4.69, 9.17) is 16.3 Å². The molecule has 0 bridgehead atoms. The Labute approximate surface area is 278 Å². The van der Waals surface area contributed by atoms with Crippen LogP contribution >= 0.6 is 11.6 Å². The summed E-state index contributed by atoms with van der Waals surface area (Å²) in [4.78, 5) is 41.8. The number of amides is 3. The van der Waals surface area contributed by atoms with E-state index in [1.54, 1.807) is 92.5 Å². The van der Waals surface area contributed by atoms with E-state index in [2.05, 4.69) is 32.7 Å². The Morgan fingerprint density at radius 3 is 2.51 bits per heavy atom. The standard InChI is InChI=1S/C36H36ClN5O5/c1-36(2,3)47-35(46)40-32(24-9-5-4-6-10-24)34(45)42-20-8-7-11-29(42)33(44)39-27-17-13-23(14-18-27)12-15-25-22-38-41-31(25)28-21-26(37)16-19-30(28)43/h4-6,9-10,13-14,16-19,21-22,29,32,43H,7-8,11,20H2,1-3H3,(H,38,41)(H,39,44)(H,40,46)/t29?,32-/m1/s1. The second-order valence-corrected chi connectivity index (χ2v) is 12.6. The van der Waals surface area contributed by atoms with Gasteiger partial charge in [0, 0.05) is 34.6 Å². The number of rotatable bonds is 6. The van der Waals surface area contributed by atoms with Crippen LogP contribution in [-0.4, -0.2) is 56.3 Å². The number of alkyl carbamates (subject to hydrolysis) is 1. The number of aromatic hydroxyl groups is 1. The number of carbonyl (C=O) groups is 3. The van der Waals surface area contributed by atoms with Crippen LogP contribution in [0.2, 0.25) is 5.02 Å². The van der Waals surface area contributed by atoms with E-state index in [0.29, 0.717) is 51.6 Å². The number of carbonyl (C=O) groups excluding carboxylic acids is 3. The maximum Gasteiger partial charge on any atom is 0.408 e. The SMILES string of the molecule is CC(C)(C)OC(=O)N[C@@H](C(=O)N1CCCCC1C(=O)Nc1ccc(C#Cc2c[nH]nc2-c2cc(Cl)ccc2O)cc1)c1ccccc1. The molecule has 47 heavy (non-hydrogen) atoms. The Hall–Kier alpha value is -5.27. The third-order valence-electron chi connectivity index (χ3n) is 7.48. The molecule has 10 nitrogen and oxygen atoms in total. The second-order valence-electron chi connectivity index (χ2n) is 12.2. The van der Waals surface area contributed by atoms with E-state index < -0.39 is 23.8 Å². The Kier molecular flexibility index (Phi) is 10.2. The first-order valence-electron chi connectivity index (χ1n) is 15.3. The van der Waals surface area contributed by atoms with Crippen LogP contribution in [-0.2, 0) is 14.3 Å². The van der Waals surface area contributed by atoms with Crippen molar-refractivity contribution in [1.82, 2.24) is 20.4 Å². The molecule has 1 saturated heterocycles. The van der Waals surface area contributed by atoms with Crippen molar-refractivity contribution in [2.75, 3.05) is 11.9 Å². The molecule has 1 unspecified atom stereocenters. The number of likely N-dealkylation sites (tertiary alicyclic amines) is 1. The summed E-state index contributed by atoms with van der Waals surface area (Å²) in [5, 5.41) is 23.4. The van der Waals surface area contributed by atoms with Crippen molar-refractivity contribution < 1.29 is 24.2 Å². The minimum atomic E-state index is -1.02. The Morgan fingerprint density at radius 2 is 1.79 bits per heavy atom. The van der Waals surface area contributed by atoms with Crippen molar-refractivity contribution in [3.63, 3.8) is 0 Å². The van der Waals surface area contributed by atoms with Gasteiger partial charge in [-0.05, 0) is 88.1 Å². The molecule has 1 aliphatic rings. The molecule has 0 aliphatic carbocycles. The normalized spacial score (nSPS) is 15.1. The van der Waals surface area contributed by atoms with Gasteiger partial charge in [-0.2, -0.15) is 5.10 Å². The minimum absolute atomic E-state index is 0.0396. The number of aromatic amines is 1. The molecule has 1 fully saturated rings. The fourth-order valence-electron chi connectivity index (χ4n) is 5.28. The predicted octanol–water partition coefficient (Wildman–Crippen LogP) is 6.42. The Bertz CT molecular complexity index is 1810. The van der Waals surface area contributed by atoms with E-state index in [9.17, 15) is 19.5 Å². The zero-order chi connectivity index (χ0) is 33.6. The summed E-state index contributed by atoms with van der Waals surface area (Å²) in [6.45, 7) is 5.63. The molecule has 242 valence electrons. The molecule has 0 spiro atoms. The number of hydrogen-bond donors (Lipinski definition) is 4. The molecule has 4 N–H and O–H groups in total. The average Bonchev–Trinajstić information content (AvgIpc) is 3.52. The van der Waals surface area contributed by atoms with Crippen LogP contribution in [0.5, 0.6) is 5.75 Å². The summed E-state index contributed by atoms with van der Waals surface area (Å²) in [5.41, 5.74) is 2.62. The summed E-state index contributed by atoms with van der Waals surface area (Å²) < 4.78 is 5.43.